The maximum Gasteiger partial charge on any atom is 0.265 e. The summed E-state index contributed by atoms with van der Waals surface area (Å²) in [7, 11) is -2.53. The van der Waals surface area contributed by atoms with E-state index in [1.165, 1.54) is 13.2 Å². The molecule has 0 bridgehead atoms. The minimum atomic E-state index is -3.95. The Bertz CT molecular complexity index is 1290. The van der Waals surface area contributed by atoms with Gasteiger partial charge >= 0.3 is 0 Å². The van der Waals surface area contributed by atoms with Gasteiger partial charge < -0.3 is 14.8 Å². The van der Waals surface area contributed by atoms with Crippen LogP contribution in [0.4, 0.5) is 11.4 Å². The van der Waals surface area contributed by atoms with Gasteiger partial charge in [0.2, 0.25) is 0 Å². The summed E-state index contributed by atoms with van der Waals surface area (Å²) in [5.74, 6) is 0.720. The van der Waals surface area contributed by atoms with Gasteiger partial charge in [-0.05, 0) is 66.9 Å². The lowest BCUT2D eigenvalue weighted by molar-refractivity contribution is 0.102. The number of hydrogen-bond acceptors (Lipinski definition) is 5. The molecule has 0 aromatic heterocycles. The molecule has 31 heavy (non-hydrogen) atoms. The van der Waals surface area contributed by atoms with Crippen LogP contribution < -0.4 is 19.5 Å². The molecule has 1 aliphatic heterocycles. The van der Waals surface area contributed by atoms with E-state index in [9.17, 15) is 13.2 Å². The third-order valence-electron chi connectivity index (χ3n) is 5.01. The van der Waals surface area contributed by atoms with E-state index in [4.69, 9.17) is 9.47 Å². The van der Waals surface area contributed by atoms with E-state index < -0.39 is 10.0 Å². The van der Waals surface area contributed by atoms with Crippen molar-refractivity contribution in [3.05, 3.63) is 71.3 Å². The number of nitrogens with one attached hydrogen (secondary N) is 2. The molecule has 0 saturated heterocycles. The molecular formula is C23H22N2O5S. The molecule has 0 spiro atoms. The van der Waals surface area contributed by atoms with Crippen molar-refractivity contribution in [3.63, 3.8) is 0 Å². The van der Waals surface area contributed by atoms with Crippen LogP contribution in [0, 0.1) is 6.92 Å². The Morgan fingerprint density at radius 2 is 1.81 bits per heavy atom. The molecule has 1 amide bonds. The van der Waals surface area contributed by atoms with Crippen molar-refractivity contribution < 1.29 is 22.7 Å². The Morgan fingerprint density at radius 3 is 2.55 bits per heavy atom. The van der Waals surface area contributed by atoms with Gasteiger partial charge in [-0.15, -0.1) is 0 Å². The molecule has 0 unspecified atom stereocenters. The molecule has 0 atom stereocenters. The zero-order valence-electron chi connectivity index (χ0n) is 17.4. The van der Waals surface area contributed by atoms with Gasteiger partial charge in [0.15, 0.2) is 5.75 Å². The fourth-order valence-corrected chi connectivity index (χ4v) is 4.63. The van der Waals surface area contributed by atoms with Crippen LogP contribution in [0.5, 0.6) is 17.2 Å². The molecule has 3 aromatic rings. The summed E-state index contributed by atoms with van der Waals surface area (Å²) in [5.41, 5.74) is 2.87. The molecule has 160 valence electrons. The van der Waals surface area contributed by atoms with E-state index in [-0.39, 0.29) is 27.8 Å². The van der Waals surface area contributed by atoms with Gasteiger partial charge in [-0.25, -0.2) is 8.42 Å². The molecule has 3 aromatic carbocycles. The molecule has 0 saturated carbocycles. The van der Waals surface area contributed by atoms with Crippen LogP contribution in [0.2, 0.25) is 0 Å². The third-order valence-corrected chi connectivity index (χ3v) is 6.41. The van der Waals surface area contributed by atoms with Crippen LogP contribution in [0.25, 0.3) is 0 Å². The summed E-state index contributed by atoms with van der Waals surface area (Å²) in [6, 6.07) is 15.1. The molecule has 0 radical (unpaired) electrons. The first-order valence-electron chi connectivity index (χ1n) is 9.74. The van der Waals surface area contributed by atoms with E-state index in [1.807, 2.05) is 32.0 Å². The summed E-state index contributed by atoms with van der Waals surface area (Å²) in [6.45, 7) is 3.86. The van der Waals surface area contributed by atoms with Crippen molar-refractivity contribution in [2.24, 2.45) is 0 Å². The number of fused-ring (bicyclic) bond motifs is 2. The monoisotopic (exact) mass is 438 g/mol. The number of amides is 1. The first-order chi connectivity index (χ1) is 14.8. The van der Waals surface area contributed by atoms with Gasteiger partial charge in [-0.1, -0.05) is 19.1 Å². The molecule has 1 heterocycles. The van der Waals surface area contributed by atoms with Gasteiger partial charge in [-0.2, -0.15) is 0 Å². The van der Waals surface area contributed by atoms with Crippen LogP contribution in [0.15, 0.2) is 59.5 Å². The maximum atomic E-state index is 13.1. The Kier molecular flexibility index (Phi) is 5.32. The number of hydrogen-bond donors (Lipinski definition) is 2. The first kappa shape index (κ1) is 20.7. The molecule has 7 nitrogen and oxygen atoms in total. The molecule has 0 fully saturated rings. The molecule has 0 aliphatic carbocycles. The number of benzene rings is 3. The van der Waals surface area contributed by atoms with Gasteiger partial charge in [0.1, 0.15) is 16.4 Å². The van der Waals surface area contributed by atoms with Crippen LogP contribution in [0.1, 0.15) is 28.4 Å². The zero-order chi connectivity index (χ0) is 22.2. The quantitative estimate of drug-likeness (QED) is 0.601. The van der Waals surface area contributed by atoms with Crippen molar-refractivity contribution in [2.45, 2.75) is 25.2 Å². The lowest BCUT2D eigenvalue weighted by Gasteiger charge is -2.14. The number of methoxy groups -OCH3 is 1. The second-order valence-electron chi connectivity index (χ2n) is 7.21. The lowest BCUT2D eigenvalue weighted by atomic mass is 10.1. The van der Waals surface area contributed by atoms with Gasteiger partial charge in [0.05, 0.1) is 18.4 Å². The minimum Gasteiger partial charge on any atom is -0.495 e. The number of ether oxygens (including phenoxy) is 2. The van der Waals surface area contributed by atoms with Gasteiger partial charge in [-0.3, -0.25) is 9.52 Å². The highest BCUT2D eigenvalue weighted by Gasteiger charge is 2.24. The van der Waals surface area contributed by atoms with E-state index in [0.717, 1.165) is 11.1 Å². The summed E-state index contributed by atoms with van der Waals surface area (Å²) in [4.78, 5) is 12.8. The number of carbonyl (C=O) groups is 1. The molecular weight excluding hydrogens is 416 g/mol. The van der Waals surface area contributed by atoms with Crippen molar-refractivity contribution in [1.29, 1.82) is 0 Å². The number of anilines is 2. The van der Waals surface area contributed by atoms with Crippen LogP contribution in [0.3, 0.4) is 0 Å². The fraction of sp³-hybridized carbons (Fsp3) is 0.174. The predicted octanol–water partition coefficient (Wildman–Crippen LogP) is 4.72. The molecule has 8 heteroatoms. The number of sulfonamides is 1. The number of rotatable bonds is 5. The lowest BCUT2D eigenvalue weighted by Crippen LogP contribution is -2.16. The summed E-state index contributed by atoms with van der Waals surface area (Å²) in [6.07, 6.45) is 0.683. The highest BCUT2D eigenvalue weighted by Crippen LogP contribution is 2.37. The molecule has 1 aliphatic rings. The van der Waals surface area contributed by atoms with E-state index in [1.54, 1.807) is 30.3 Å². The van der Waals surface area contributed by atoms with Crippen molar-refractivity contribution >= 4 is 27.3 Å². The normalized spacial score (nSPS) is 12.7. The van der Waals surface area contributed by atoms with E-state index >= 15 is 0 Å². The van der Waals surface area contributed by atoms with Crippen LogP contribution >= 0.6 is 0 Å². The van der Waals surface area contributed by atoms with E-state index in [2.05, 4.69) is 10.0 Å². The summed E-state index contributed by atoms with van der Waals surface area (Å²) < 4.78 is 39.8. The highest BCUT2D eigenvalue weighted by atomic mass is 32.2. The predicted molar refractivity (Wildman–Crippen MR) is 119 cm³/mol. The fourth-order valence-electron chi connectivity index (χ4n) is 3.36. The Balaban J connectivity index is 1.69. The molecule has 4 rings (SSSR count). The average Bonchev–Trinajstić information content (AvgIpc) is 2.88. The SMILES string of the molecule is CCc1ccc(OC)c(S(=O)(=O)Nc2ccc3c(c2)C(=O)Nc2cc(C)ccc2O3)c1. The van der Waals surface area contributed by atoms with Gasteiger partial charge in [0, 0.05) is 5.69 Å². The number of carbonyl (C=O) groups excluding carboxylic acids is 1. The maximum absolute atomic E-state index is 13.1. The zero-order valence-corrected chi connectivity index (χ0v) is 18.2. The minimum absolute atomic E-state index is 0.0351. The van der Waals surface area contributed by atoms with E-state index in [0.29, 0.717) is 23.6 Å². The highest BCUT2D eigenvalue weighted by molar-refractivity contribution is 7.92. The number of aryl methyl sites for hydroxylation is 2. The smallest absolute Gasteiger partial charge is 0.265 e. The first-order valence-corrected chi connectivity index (χ1v) is 11.2. The summed E-state index contributed by atoms with van der Waals surface area (Å²) >= 11 is 0. The van der Waals surface area contributed by atoms with Gasteiger partial charge in [0.25, 0.3) is 15.9 Å². The topological polar surface area (TPSA) is 93.7 Å². The van der Waals surface area contributed by atoms with Crippen molar-refractivity contribution in [3.8, 4) is 17.2 Å². The third kappa shape index (κ3) is 4.06. The second kappa shape index (κ2) is 7.96. The standard InChI is InChI=1S/C23H22N2O5S/c1-4-15-6-9-21(29-3)22(12-15)31(27,28)25-16-7-10-19-17(13-16)23(26)24-18-11-14(2)5-8-20(18)30-19/h5-13,25H,4H2,1-3H3,(H,24,26). The van der Waals surface area contributed by atoms with Crippen LogP contribution in [-0.4, -0.2) is 21.4 Å². The second-order valence-corrected chi connectivity index (χ2v) is 8.86. The van der Waals surface area contributed by atoms with Crippen LogP contribution in [-0.2, 0) is 16.4 Å². The average molecular weight is 439 g/mol. The summed E-state index contributed by atoms with van der Waals surface area (Å²) in [5, 5.41) is 2.81. The van der Waals surface area contributed by atoms with Crippen molar-refractivity contribution in [1.82, 2.24) is 0 Å². The Labute approximate surface area is 181 Å². The van der Waals surface area contributed by atoms with Crippen molar-refractivity contribution in [2.75, 3.05) is 17.1 Å². The Hall–Kier alpha value is -3.52. The largest absolute Gasteiger partial charge is 0.495 e. The Morgan fingerprint density at radius 1 is 1.03 bits per heavy atom. The molecule has 2 N–H and O–H groups in total.